The van der Waals surface area contributed by atoms with Crippen LogP contribution >= 0.6 is 0 Å². The fraction of sp³-hybridized carbons (Fsp3) is 0.450. The fourth-order valence-electron chi connectivity index (χ4n) is 3.66. The Labute approximate surface area is 158 Å². The lowest BCUT2D eigenvalue weighted by Gasteiger charge is -2.29. The summed E-state index contributed by atoms with van der Waals surface area (Å²) in [5.41, 5.74) is 1.40. The second-order valence-electron chi connectivity index (χ2n) is 6.98. The van der Waals surface area contributed by atoms with Gasteiger partial charge in [-0.25, -0.2) is 9.18 Å². The zero-order chi connectivity index (χ0) is 19.4. The molecule has 1 aliphatic heterocycles. The van der Waals surface area contributed by atoms with E-state index in [-0.39, 0.29) is 11.8 Å². The number of esters is 1. The largest absolute Gasteiger partial charge is 0.496 e. The number of piperazine rings is 1. The number of aryl methyl sites for hydroxylation is 1. The molecule has 1 fully saturated rings. The lowest BCUT2D eigenvalue weighted by Crippen LogP contribution is -3.27. The molecule has 2 heterocycles. The van der Waals surface area contributed by atoms with Gasteiger partial charge >= 0.3 is 5.97 Å². The first kappa shape index (κ1) is 19.4. The molecule has 6 nitrogen and oxygen atoms in total. The van der Waals surface area contributed by atoms with E-state index in [1.807, 2.05) is 0 Å². The summed E-state index contributed by atoms with van der Waals surface area (Å²) in [6, 6.07) is 6.45. The molecule has 146 valence electrons. The molecule has 2 N–H and O–H groups in total. The number of quaternary nitrogens is 2. The Kier molecular flexibility index (Phi) is 6.13. The first-order valence-corrected chi connectivity index (χ1v) is 9.17. The predicted octanol–water partition coefficient (Wildman–Crippen LogP) is 0.00592. The molecule has 0 atom stereocenters. The van der Waals surface area contributed by atoms with Gasteiger partial charge in [0.1, 0.15) is 62.2 Å². The quantitative estimate of drug-likeness (QED) is 0.696. The van der Waals surface area contributed by atoms with Crippen molar-refractivity contribution in [3.63, 3.8) is 0 Å². The summed E-state index contributed by atoms with van der Waals surface area (Å²) < 4.78 is 29.4. The van der Waals surface area contributed by atoms with Crippen LogP contribution in [0.25, 0.3) is 0 Å². The van der Waals surface area contributed by atoms with E-state index < -0.39 is 0 Å². The number of ether oxygens (including phenoxy) is 2. The van der Waals surface area contributed by atoms with Crippen LogP contribution in [0.2, 0.25) is 0 Å². The smallest absolute Gasteiger partial charge is 0.341 e. The fourth-order valence-corrected chi connectivity index (χ4v) is 3.66. The summed E-state index contributed by atoms with van der Waals surface area (Å²) in [5, 5.41) is 0. The third-order valence-electron chi connectivity index (χ3n) is 5.15. The van der Waals surface area contributed by atoms with Crippen molar-refractivity contribution < 1.29 is 32.9 Å². The topological polar surface area (TPSA) is 57.5 Å². The number of hydrogen-bond acceptors (Lipinski definition) is 4. The molecule has 2 aromatic rings. The number of nitrogens with one attached hydrogen (secondary N) is 2. The molecule has 0 saturated carbocycles. The van der Waals surface area contributed by atoms with Crippen LogP contribution < -0.4 is 14.5 Å². The van der Waals surface area contributed by atoms with Gasteiger partial charge in [0.2, 0.25) is 0 Å². The van der Waals surface area contributed by atoms with E-state index in [0.717, 1.165) is 56.3 Å². The Morgan fingerprint density at radius 1 is 1.11 bits per heavy atom. The van der Waals surface area contributed by atoms with E-state index in [2.05, 4.69) is 0 Å². The van der Waals surface area contributed by atoms with Gasteiger partial charge in [-0.1, -0.05) is 0 Å². The second-order valence-corrected chi connectivity index (χ2v) is 6.98. The third-order valence-corrected chi connectivity index (χ3v) is 5.15. The van der Waals surface area contributed by atoms with Crippen molar-refractivity contribution in [2.75, 3.05) is 40.4 Å². The number of rotatable bonds is 6. The lowest BCUT2D eigenvalue weighted by molar-refractivity contribution is -1.02. The maximum absolute atomic E-state index is 13.5. The van der Waals surface area contributed by atoms with Crippen LogP contribution in [-0.4, -0.2) is 46.4 Å². The second kappa shape index (κ2) is 8.54. The Hall–Kier alpha value is -2.38. The van der Waals surface area contributed by atoms with Crippen LogP contribution in [0, 0.1) is 12.7 Å². The van der Waals surface area contributed by atoms with E-state index in [1.54, 1.807) is 32.2 Å². The highest BCUT2D eigenvalue weighted by Crippen LogP contribution is 2.18. The molecule has 1 aliphatic rings. The van der Waals surface area contributed by atoms with Gasteiger partial charge in [-0.2, -0.15) is 0 Å². The Morgan fingerprint density at radius 2 is 1.78 bits per heavy atom. The van der Waals surface area contributed by atoms with Gasteiger partial charge in [0.15, 0.2) is 5.76 Å². The summed E-state index contributed by atoms with van der Waals surface area (Å²) in [6.45, 7) is 7.21. The number of hydrogen-bond donors (Lipinski definition) is 2. The third kappa shape index (κ3) is 4.67. The highest BCUT2D eigenvalue weighted by Gasteiger charge is 2.26. The highest BCUT2D eigenvalue weighted by atomic mass is 19.1. The Balaban J connectivity index is 1.55. The molecule has 7 heteroatoms. The Bertz CT molecular complexity index is 797. The molecule has 0 radical (unpaired) electrons. The van der Waals surface area contributed by atoms with Crippen molar-refractivity contribution in [2.24, 2.45) is 0 Å². The maximum Gasteiger partial charge on any atom is 0.341 e. The molecule has 0 spiro atoms. The normalized spacial score (nSPS) is 19.7. The summed E-state index contributed by atoms with van der Waals surface area (Å²) in [6.07, 6.45) is 0. The van der Waals surface area contributed by atoms with Crippen LogP contribution in [0.15, 0.2) is 28.7 Å². The number of halogens is 1. The first-order valence-electron chi connectivity index (χ1n) is 9.17. The molecule has 3 rings (SSSR count). The zero-order valence-electron chi connectivity index (χ0n) is 16.1. The molecular weight excluding hydrogens is 351 g/mol. The van der Waals surface area contributed by atoms with Gasteiger partial charge < -0.3 is 23.7 Å². The standard InChI is InChI=1S/C20H25FN2O4/c1-14-18(20(24)26-3)11-17(27-14)13-23-8-6-22(7-9-23)12-15-10-16(21)4-5-19(15)25-2/h4-5,10-11H,6-9,12-13H2,1-3H3/p+2. The average molecular weight is 378 g/mol. The molecule has 1 aromatic carbocycles. The lowest BCUT2D eigenvalue weighted by atomic mass is 10.1. The van der Waals surface area contributed by atoms with Gasteiger partial charge in [-0.15, -0.1) is 0 Å². The van der Waals surface area contributed by atoms with Crippen molar-refractivity contribution in [1.29, 1.82) is 0 Å². The predicted molar refractivity (Wildman–Crippen MR) is 96.5 cm³/mol. The van der Waals surface area contributed by atoms with Gasteiger partial charge in [-0.3, -0.25) is 0 Å². The van der Waals surface area contributed by atoms with Crippen molar-refractivity contribution in [2.45, 2.75) is 20.0 Å². The average Bonchev–Trinajstić information content (AvgIpc) is 3.03. The summed E-state index contributed by atoms with van der Waals surface area (Å²) >= 11 is 0. The van der Waals surface area contributed by atoms with Gasteiger partial charge in [0.25, 0.3) is 0 Å². The number of furan rings is 1. The van der Waals surface area contributed by atoms with Crippen LogP contribution in [-0.2, 0) is 17.8 Å². The summed E-state index contributed by atoms with van der Waals surface area (Å²) in [7, 11) is 2.98. The van der Waals surface area contributed by atoms with E-state index in [4.69, 9.17) is 13.9 Å². The van der Waals surface area contributed by atoms with Crippen LogP contribution in [0.3, 0.4) is 0 Å². The minimum atomic E-state index is -0.365. The molecule has 0 bridgehead atoms. The Morgan fingerprint density at radius 3 is 2.41 bits per heavy atom. The van der Waals surface area contributed by atoms with Crippen LogP contribution in [0.5, 0.6) is 5.75 Å². The number of methoxy groups -OCH3 is 2. The minimum Gasteiger partial charge on any atom is -0.496 e. The summed E-state index contributed by atoms with van der Waals surface area (Å²) in [5.74, 6) is 1.54. The van der Waals surface area contributed by atoms with Gasteiger partial charge in [-0.05, 0) is 25.1 Å². The van der Waals surface area contributed by atoms with Crippen molar-refractivity contribution in [1.82, 2.24) is 0 Å². The van der Waals surface area contributed by atoms with E-state index in [9.17, 15) is 9.18 Å². The van der Waals surface area contributed by atoms with Crippen molar-refractivity contribution in [3.05, 3.63) is 52.7 Å². The molecule has 1 aromatic heterocycles. The molecule has 0 aliphatic carbocycles. The van der Waals surface area contributed by atoms with E-state index in [1.165, 1.54) is 23.0 Å². The van der Waals surface area contributed by atoms with Crippen molar-refractivity contribution in [3.8, 4) is 5.75 Å². The van der Waals surface area contributed by atoms with Gasteiger partial charge in [0, 0.05) is 6.07 Å². The van der Waals surface area contributed by atoms with Gasteiger partial charge in [0.05, 0.1) is 19.8 Å². The van der Waals surface area contributed by atoms with Crippen molar-refractivity contribution >= 4 is 5.97 Å². The maximum atomic E-state index is 13.5. The molecular formula is C20H27FN2O4+2. The molecule has 27 heavy (non-hydrogen) atoms. The number of benzene rings is 1. The minimum absolute atomic E-state index is 0.232. The van der Waals surface area contributed by atoms with Crippen LogP contribution in [0.4, 0.5) is 4.39 Å². The number of carbonyl (C=O) groups excluding carboxylic acids is 1. The monoisotopic (exact) mass is 378 g/mol. The van der Waals surface area contributed by atoms with Crippen LogP contribution in [0.1, 0.15) is 27.4 Å². The zero-order valence-corrected chi connectivity index (χ0v) is 16.1. The summed E-state index contributed by atoms with van der Waals surface area (Å²) in [4.78, 5) is 14.5. The highest BCUT2D eigenvalue weighted by molar-refractivity contribution is 5.90. The SMILES string of the molecule is COC(=O)c1cc(C[NH+]2CC[NH+](Cc3cc(F)ccc3OC)CC2)oc1C. The molecule has 1 saturated heterocycles. The number of carbonyl (C=O) groups is 1. The molecule has 0 unspecified atom stereocenters. The first-order chi connectivity index (χ1) is 13.0. The van der Waals surface area contributed by atoms with E-state index in [0.29, 0.717) is 11.3 Å². The molecule has 0 amide bonds. The van der Waals surface area contributed by atoms with E-state index >= 15 is 0 Å².